The Morgan fingerprint density at radius 2 is 2.25 bits per heavy atom. The number of likely N-dealkylation sites (tertiary alicyclic amines) is 1. The van der Waals surface area contributed by atoms with Crippen molar-refractivity contribution in [3.05, 3.63) is 29.8 Å². The van der Waals surface area contributed by atoms with Crippen LogP contribution in [-0.2, 0) is 0 Å². The van der Waals surface area contributed by atoms with Gasteiger partial charge in [-0.05, 0) is 45.0 Å². The molecular weight excluding hydrogens is 248 g/mol. The molecule has 1 atom stereocenters. The zero-order valence-corrected chi connectivity index (χ0v) is 12.6. The highest BCUT2D eigenvalue weighted by Crippen LogP contribution is 2.20. The van der Waals surface area contributed by atoms with Crippen molar-refractivity contribution in [3.63, 3.8) is 0 Å². The summed E-state index contributed by atoms with van der Waals surface area (Å²) in [6.07, 6.45) is 5.21. The van der Waals surface area contributed by atoms with Gasteiger partial charge < -0.3 is 15.5 Å². The van der Waals surface area contributed by atoms with Crippen molar-refractivity contribution in [2.45, 2.75) is 31.7 Å². The Bertz CT molecular complexity index is 458. The monoisotopic (exact) mass is 274 g/mol. The van der Waals surface area contributed by atoms with Gasteiger partial charge in [0.05, 0.1) is 0 Å². The van der Waals surface area contributed by atoms with Crippen LogP contribution in [0.2, 0.25) is 0 Å². The molecule has 0 radical (unpaired) electrons. The quantitative estimate of drug-likeness (QED) is 0.640. The van der Waals surface area contributed by atoms with Crippen molar-refractivity contribution in [3.8, 4) is 0 Å². The van der Waals surface area contributed by atoms with E-state index >= 15 is 0 Å². The van der Waals surface area contributed by atoms with Gasteiger partial charge in [-0.2, -0.15) is 0 Å². The van der Waals surface area contributed by atoms with Crippen LogP contribution < -0.4 is 10.6 Å². The van der Waals surface area contributed by atoms with Gasteiger partial charge in [-0.25, -0.2) is 0 Å². The van der Waals surface area contributed by atoms with E-state index in [1.54, 1.807) is 0 Å². The molecule has 3 N–H and O–H groups in total. The molecule has 0 spiro atoms. The summed E-state index contributed by atoms with van der Waals surface area (Å²) >= 11 is 0. The lowest BCUT2D eigenvalue weighted by atomic mass is 10.00. The van der Waals surface area contributed by atoms with E-state index in [1.165, 1.54) is 32.2 Å². The maximum Gasteiger partial charge on any atom is 0.122 e. The number of hydrogen-bond donors (Lipinski definition) is 2. The second kappa shape index (κ2) is 6.75. The lowest BCUT2D eigenvalue weighted by Gasteiger charge is -2.34. The van der Waals surface area contributed by atoms with E-state index in [2.05, 4.69) is 30.0 Å². The Kier molecular flexibility index (Phi) is 5.01. The highest BCUT2D eigenvalue weighted by atomic mass is 15.1. The smallest absolute Gasteiger partial charge is 0.122 e. The van der Waals surface area contributed by atoms with Crippen molar-refractivity contribution in [1.29, 1.82) is 5.41 Å². The maximum absolute atomic E-state index is 7.51. The van der Waals surface area contributed by atoms with Crippen molar-refractivity contribution >= 4 is 11.5 Å². The van der Waals surface area contributed by atoms with Gasteiger partial charge in [0.1, 0.15) is 5.84 Å². The summed E-state index contributed by atoms with van der Waals surface area (Å²) in [4.78, 5) is 4.75. The molecule has 1 unspecified atom stereocenters. The first kappa shape index (κ1) is 14.9. The molecular formula is C16H26N4. The minimum absolute atomic E-state index is 0.132. The summed E-state index contributed by atoms with van der Waals surface area (Å²) in [7, 11) is 4.35. The first-order chi connectivity index (χ1) is 9.58. The predicted molar refractivity (Wildman–Crippen MR) is 85.6 cm³/mol. The fraction of sp³-hybridized carbons (Fsp3) is 0.562. The molecule has 0 aromatic heterocycles. The Morgan fingerprint density at radius 1 is 1.45 bits per heavy atom. The number of hydrogen-bond acceptors (Lipinski definition) is 3. The molecule has 1 aromatic carbocycles. The zero-order chi connectivity index (χ0) is 14.5. The molecule has 1 aromatic rings. The van der Waals surface area contributed by atoms with Gasteiger partial charge in [-0.15, -0.1) is 0 Å². The third kappa shape index (κ3) is 3.73. The van der Waals surface area contributed by atoms with Gasteiger partial charge in [0.2, 0.25) is 0 Å². The van der Waals surface area contributed by atoms with E-state index in [0.717, 1.165) is 17.8 Å². The number of nitrogens with one attached hydrogen (secondary N) is 1. The number of nitrogen functional groups attached to an aromatic ring is 1. The Hall–Kier alpha value is -1.55. The largest absolute Gasteiger partial charge is 0.384 e. The van der Waals surface area contributed by atoms with Crippen LogP contribution in [0.3, 0.4) is 0 Å². The molecule has 1 aliphatic rings. The number of amidine groups is 1. The summed E-state index contributed by atoms with van der Waals surface area (Å²) in [6, 6.07) is 8.63. The average Bonchev–Trinajstić information content (AvgIpc) is 2.46. The van der Waals surface area contributed by atoms with E-state index in [-0.39, 0.29) is 5.84 Å². The van der Waals surface area contributed by atoms with Gasteiger partial charge in [0.25, 0.3) is 0 Å². The topological polar surface area (TPSA) is 56.4 Å². The normalized spacial score (nSPS) is 19.8. The molecule has 1 heterocycles. The molecule has 0 bridgehead atoms. The molecule has 0 saturated carbocycles. The second-order valence-corrected chi connectivity index (χ2v) is 5.80. The average molecular weight is 274 g/mol. The third-order valence-corrected chi connectivity index (χ3v) is 4.32. The van der Waals surface area contributed by atoms with Gasteiger partial charge >= 0.3 is 0 Å². The van der Waals surface area contributed by atoms with Crippen LogP contribution >= 0.6 is 0 Å². The van der Waals surface area contributed by atoms with Gasteiger partial charge in [-0.3, -0.25) is 5.41 Å². The molecule has 0 amide bonds. The number of piperidine rings is 1. The molecule has 2 rings (SSSR count). The SMILES string of the molecule is CN(CCC1CCCCN1C)c1cccc(C(=N)N)c1. The van der Waals surface area contributed by atoms with Crippen LogP contribution in [0.15, 0.2) is 24.3 Å². The fourth-order valence-corrected chi connectivity index (χ4v) is 2.89. The molecule has 1 aliphatic heterocycles. The molecule has 110 valence electrons. The lowest BCUT2D eigenvalue weighted by Crippen LogP contribution is -2.38. The molecule has 4 nitrogen and oxygen atoms in total. The molecule has 1 saturated heterocycles. The molecule has 4 heteroatoms. The second-order valence-electron chi connectivity index (χ2n) is 5.80. The fourth-order valence-electron chi connectivity index (χ4n) is 2.89. The minimum atomic E-state index is 0.132. The number of anilines is 1. The Morgan fingerprint density at radius 3 is 2.95 bits per heavy atom. The molecule has 20 heavy (non-hydrogen) atoms. The van der Waals surface area contributed by atoms with Crippen LogP contribution in [0.5, 0.6) is 0 Å². The van der Waals surface area contributed by atoms with E-state index in [4.69, 9.17) is 11.1 Å². The van der Waals surface area contributed by atoms with Crippen LogP contribution in [0.1, 0.15) is 31.2 Å². The van der Waals surface area contributed by atoms with Crippen LogP contribution in [0, 0.1) is 5.41 Å². The first-order valence-electron chi connectivity index (χ1n) is 7.44. The maximum atomic E-state index is 7.51. The van der Waals surface area contributed by atoms with Crippen LogP contribution in [0.4, 0.5) is 5.69 Å². The summed E-state index contributed by atoms with van der Waals surface area (Å²) in [5.74, 6) is 0.132. The van der Waals surface area contributed by atoms with Crippen molar-refractivity contribution in [2.24, 2.45) is 5.73 Å². The van der Waals surface area contributed by atoms with Gasteiger partial charge in [-0.1, -0.05) is 18.6 Å². The number of rotatable bonds is 5. The summed E-state index contributed by atoms with van der Waals surface area (Å²) in [5.41, 5.74) is 7.48. The summed E-state index contributed by atoms with van der Waals surface area (Å²) < 4.78 is 0. The van der Waals surface area contributed by atoms with E-state index < -0.39 is 0 Å². The predicted octanol–water partition coefficient (Wildman–Crippen LogP) is 2.28. The van der Waals surface area contributed by atoms with E-state index in [9.17, 15) is 0 Å². The molecule has 0 aliphatic carbocycles. The van der Waals surface area contributed by atoms with Crippen LogP contribution in [-0.4, -0.2) is 44.0 Å². The first-order valence-corrected chi connectivity index (χ1v) is 7.44. The van der Waals surface area contributed by atoms with Gasteiger partial charge in [0.15, 0.2) is 0 Å². The summed E-state index contributed by atoms with van der Waals surface area (Å²) in [6.45, 7) is 2.27. The highest BCUT2D eigenvalue weighted by molar-refractivity contribution is 5.95. The van der Waals surface area contributed by atoms with Gasteiger partial charge in [0, 0.05) is 30.9 Å². The Balaban J connectivity index is 1.92. The number of benzene rings is 1. The van der Waals surface area contributed by atoms with Crippen LogP contribution in [0.25, 0.3) is 0 Å². The van der Waals surface area contributed by atoms with Crippen molar-refractivity contribution in [2.75, 3.05) is 32.1 Å². The number of nitrogens with zero attached hydrogens (tertiary/aromatic N) is 2. The summed E-state index contributed by atoms with van der Waals surface area (Å²) in [5, 5.41) is 7.51. The van der Waals surface area contributed by atoms with Crippen molar-refractivity contribution < 1.29 is 0 Å². The lowest BCUT2D eigenvalue weighted by molar-refractivity contribution is 0.178. The third-order valence-electron chi connectivity index (χ3n) is 4.32. The Labute approximate surface area is 122 Å². The number of nitrogens with two attached hydrogens (primary N) is 1. The minimum Gasteiger partial charge on any atom is -0.384 e. The zero-order valence-electron chi connectivity index (χ0n) is 12.6. The highest BCUT2D eigenvalue weighted by Gasteiger charge is 2.18. The van der Waals surface area contributed by atoms with E-state index in [1.807, 2.05) is 18.2 Å². The van der Waals surface area contributed by atoms with Crippen molar-refractivity contribution in [1.82, 2.24) is 4.90 Å². The molecule has 1 fully saturated rings. The van der Waals surface area contributed by atoms with E-state index in [0.29, 0.717) is 6.04 Å². The standard InChI is InChI=1S/C16H26N4/c1-19-10-4-3-7-14(19)9-11-20(2)15-8-5-6-13(12-15)16(17)18/h5-6,8,12,14H,3-4,7,9-11H2,1-2H3,(H3,17,18).